The zero-order valence-electron chi connectivity index (χ0n) is 45.9. The van der Waals surface area contributed by atoms with Crippen LogP contribution in [0.15, 0.2) is 24.3 Å². The summed E-state index contributed by atoms with van der Waals surface area (Å²) in [6.45, 7) is 4.90. The lowest BCUT2D eigenvalue weighted by Crippen LogP contribution is -2.45. The van der Waals surface area contributed by atoms with Gasteiger partial charge in [-0.3, -0.25) is 9.59 Å². The van der Waals surface area contributed by atoms with Gasteiger partial charge in [0.15, 0.2) is 0 Å². The maximum Gasteiger partial charge on any atom is 0.305 e. The molecule has 0 fully saturated rings. The minimum atomic E-state index is -0.855. The van der Waals surface area contributed by atoms with E-state index < -0.39 is 12.1 Å². The fraction of sp³-hybridized carbons (Fsp3) is 0.903. The molecule has 0 aromatic heterocycles. The average molecular weight is 959 g/mol. The molecule has 402 valence electrons. The van der Waals surface area contributed by atoms with Crippen molar-refractivity contribution in [2.24, 2.45) is 0 Å². The number of amides is 1. The Morgan fingerprint density at radius 3 is 1.04 bits per heavy atom. The summed E-state index contributed by atoms with van der Waals surface area (Å²) in [5, 5.41) is 23.2. The van der Waals surface area contributed by atoms with Crippen molar-refractivity contribution in [1.82, 2.24) is 5.32 Å². The maximum absolute atomic E-state index is 12.5. The van der Waals surface area contributed by atoms with Crippen LogP contribution >= 0.6 is 0 Å². The molecule has 68 heavy (non-hydrogen) atoms. The predicted molar refractivity (Wildman–Crippen MR) is 296 cm³/mol. The van der Waals surface area contributed by atoms with Gasteiger partial charge in [-0.25, -0.2) is 0 Å². The lowest BCUT2D eigenvalue weighted by Gasteiger charge is -2.20. The Bertz CT molecular complexity index is 1060. The second-order valence-electron chi connectivity index (χ2n) is 21.0. The van der Waals surface area contributed by atoms with Crippen molar-refractivity contribution in [3.63, 3.8) is 0 Å². The third-order valence-electron chi connectivity index (χ3n) is 14.2. The van der Waals surface area contributed by atoms with Crippen LogP contribution in [0.5, 0.6) is 0 Å². The first-order valence-corrected chi connectivity index (χ1v) is 30.6. The van der Waals surface area contributed by atoms with Gasteiger partial charge in [-0.2, -0.15) is 0 Å². The maximum atomic E-state index is 12.5. The highest BCUT2D eigenvalue weighted by Crippen LogP contribution is 2.17. The summed E-state index contributed by atoms with van der Waals surface area (Å²) in [4.78, 5) is 24.5. The second-order valence-corrected chi connectivity index (χ2v) is 21.0. The number of rotatable bonds is 57. The fourth-order valence-corrected chi connectivity index (χ4v) is 9.51. The average Bonchev–Trinajstić information content (AvgIpc) is 3.34. The standard InChI is InChI=1S/C62H119NO5/c1-3-5-7-9-11-13-15-17-19-20-21-22-23-24-27-30-34-38-42-46-50-54-60(65)59(58-64)63-61(66)55-51-47-43-39-35-31-28-25-26-29-33-37-41-45-49-53-57-68-62(67)56-52-48-44-40-36-32-18-16-14-12-10-8-6-4-2/h25,28,50,54,59-60,64-65H,3-24,26-27,29-49,51-53,55-58H2,1-2H3,(H,63,66)/b28-25-,54-50+. The van der Waals surface area contributed by atoms with Gasteiger partial charge in [-0.15, -0.1) is 0 Å². The first-order chi connectivity index (χ1) is 33.5. The Morgan fingerprint density at radius 1 is 0.397 bits per heavy atom. The summed E-state index contributed by atoms with van der Waals surface area (Å²) in [5.74, 6) is -0.0831. The molecule has 3 N–H and O–H groups in total. The minimum absolute atomic E-state index is 0.00108. The molecule has 0 radical (unpaired) electrons. The Balaban J connectivity index is 3.49. The fourth-order valence-electron chi connectivity index (χ4n) is 9.51. The Hall–Kier alpha value is -1.66. The minimum Gasteiger partial charge on any atom is -0.466 e. The molecule has 0 aliphatic rings. The number of aliphatic hydroxyl groups excluding tert-OH is 2. The van der Waals surface area contributed by atoms with Crippen molar-refractivity contribution in [1.29, 1.82) is 0 Å². The molecule has 0 heterocycles. The quantitative estimate of drug-likeness (QED) is 0.0321. The van der Waals surface area contributed by atoms with Crippen molar-refractivity contribution in [2.75, 3.05) is 13.2 Å². The molecule has 0 rings (SSSR count). The van der Waals surface area contributed by atoms with Gasteiger partial charge in [0.2, 0.25) is 5.91 Å². The van der Waals surface area contributed by atoms with E-state index in [9.17, 15) is 19.8 Å². The first kappa shape index (κ1) is 66.3. The summed E-state index contributed by atoms with van der Waals surface area (Å²) in [7, 11) is 0. The lowest BCUT2D eigenvalue weighted by molar-refractivity contribution is -0.143. The summed E-state index contributed by atoms with van der Waals surface area (Å²) < 4.78 is 5.47. The van der Waals surface area contributed by atoms with Gasteiger partial charge in [-0.05, 0) is 57.8 Å². The molecule has 0 aromatic rings. The highest BCUT2D eigenvalue weighted by atomic mass is 16.5. The number of ether oxygens (including phenoxy) is 1. The normalized spacial score (nSPS) is 12.7. The van der Waals surface area contributed by atoms with Gasteiger partial charge >= 0.3 is 5.97 Å². The number of nitrogens with one attached hydrogen (secondary N) is 1. The summed E-state index contributed by atoms with van der Waals surface area (Å²) in [6.07, 6.45) is 70.6. The molecule has 2 atom stereocenters. The van der Waals surface area contributed by atoms with Gasteiger partial charge in [0.1, 0.15) is 0 Å². The van der Waals surface area contributed by atoms with E-state index in [0.717, 1.165) is 64.2 Å². The summed E-state index contributed by atoms with van der Waals surface area (Å²) in [5.41, 5.74) is 0. The van der Waals surface area contributed by atoms with Crippen molar-refractivity contribution in [3.8, 4) is 0 Å². The number of hydrogen-bond acceptors (Lipinski definition) is 5. The number of carbonyl (C=O) groups excluding carboxylic acids is 2. The van der Waals surface area contributed by atoms with Crippen molar-refractivity contribution >= 4 is 11.9 Å². The molecule has 0 saturated carbocycles. The van der Waals surface area contributed by atoms with Crippen LogP contribution in [-0.4, -0.2) is 47.4 Å². The van der Waals surface area contributed by atoms with Crippen molar-refractivity contribution in [2.45, 2.75) is 347 Å². The highest BCUT2D eigenvalue weighted by molar-refractivity contribution is 5.76. The van der Waals surface area contributed by atoms with Crippen LogP contribution in [-0.2, 0) is 14.3 Å². The molecule has 0 aromatic carbocycles. The highest BCUT2D eigenvalue weighted by Gasteiger charge is 2.18. The van der Waals surface area contributed by atoms with Crippen LogP contribution in [0.4, 0.5) is 0 Å². The number of aliphatic hydroxyl groups is 2. The van der Waals surface area contributed by atoms with Crippen LogP contribution in [0.3, 0.4) is 0 Å². The molecule has 0 saturated heterocycles. The molecule has 0 aliphatic heterocycles. The SMILES string of the molecule is CCCCCCCCCCCCCCCCCCCCC/C=C/C(O)C(CO)NC(=O)CCCCCCC/C=C\CCCCCCCCCOC(=O)CCCCCCCCCCCCCCCC. The van der Waals surface area contributed by atoms with Crippen LogP contribution in [0.2, 0.25) is 0 Å². The van der Waals surface area contributed by atoms with E-state index in [1.165, 1.54) is 244 Å². The topological polar surface area (TPSA) is 95.9 Å². The molecule has 6 nitrogen and oxygen atoms in total. The van der Waals surface area contributed by atoms with E-state index in [-0.39, 0.29) is 18.5 Å². The lowest BCUT2D eigenvalue weighted by atomic mass is 10.0. The van der Waals surface area contributed by atoms with E-state index >= 15 is 0 Å². The van der Waals surface area contributed by atoms with Crippen LogP contribution < -0.4 is 5.32 Å². The second kappa shape index (κ2) is 57.9. The Labute approximate surface area is 424 Å². The van der Waals surface area contributed by atoms with Crippen LogP contribution in [0.1, 0.15) is 335 Å². The van der Waals surface area contributed by atoms with Gasteiger partial charge in [-0.1, -0.05) is 289 Å². The van der Waals surface area contributed by atoms with Gasteiger partial charge in [0, 0.05) is 12.8 Å². The monoisotopic (exact) mass is 958 g/mol. The molecule has 0 aliphatic carbocycles. The third kappa shape index (κ3) is 53.7. The van der Waals surface area contributed by atoms with Crippen molar-refractivity contribution in [3.05, 3.63) is 24.3 Å². The molecule has 0 bridgehead atoms. The summed E-state index contributed by atoms with van der Waals surface area (Å²) in [6, 6.07) is -0.640. The van der Waals surface area contributed by atoms with E-state index in [4.69, 9.17) is 4.74 Å². The number of hydrogen-bond donors (Lipinski definition) is 3. The molecule has 0 spiro atoms. The Kier molecular flexibility index (Phi) is 56.5. The van der Waals surface area contributed by atoms with E-state index in [1.54, 1.807) is 6.08 Å². The zero-order chi connectivity index (χ0) is 49.3. The number of esters is 1. The molecule has 6 heteroatoms. The Morgan fingerprint density at radius 2 is 0.691 bits per heavy atom. The number of unbranched alkanes of at least 4 members (excludes halogenated alkanes) is 44. The zero-order valence-corrected chi connectivity index (χ0v) is 45.9. The smallest absolute Gasteiger partial charge is 0.305 e. The molecule has 2 unspecified atom stereocenters. The van der Waals surface area contributed by atoms with E-state index in [2.05, 4.69) is 31.3 Å². The summed E-state index contributed by atoms with van der Waals surface area (Å²) >= 11 is 0. The first-order valence-electron chi connectivity index (χ1n) is 30.6. The van der Waals surface area contributed by atoms with Gasteiger partial charge < -0.3 is 20.3 Å². The van der Waals surface area contributed by atoms with Gasteiger partial charge in [0.05, 0.1) is 25.4 Å². The van der Waals surface area contributed by atoms with Gasteiger partial charge in [0.25, 0.3) is 0 Å². The third-order valence-corrected chi connectivity index (χ3v) is 14.2. The van der Waals surface area contributed by atoms with Crippen molar-refractivity contribution < 1.29 is 24.5 Å². The van der Waals surface area contributed by atoms with Crippen LogP contribution in [0.25, 0.3) is 0 Å². The molecule has 1 amide bonds. The molecular weight excluding hydrogens is 839 g/mol. The van der Waals surface area contributed by atoms with E-state index in [1.807, 2.05) is 6.08 Å². The van der Waals surface area contributed by atoms with E-state index in [0.29, 0.717) is 19.4 Å². The van der Waals surface area contributed by atoms with Crippen LogP contribution in [0, 0.1) is 0 Å². The largest absolute Gasteiger partial charge is 0.466 e. The number of allylic oxidation sites excluding steroid dienone is 3. The number of carbonyl (C=O) groups is 2. The molecular formula is C62H119NO5. The predicted octanol–water partition coefficient (Wildman–Crippen LogP) is 19.0.